The van der Waals surface area contributed by atoms with Crippen molar-refractivity contribution in [3.05, 3.63) is 71.5 Å². The quantitative estimate of drug-likeness (QED) is 0.847. The van der Waals surface area contributed by atoms with Crippen LogP contribution in [-0.2, 0) is 20.8 Å². The van der Waals surface area contributed by atoms with Crippen LogP contribution in [0.5, 0.6) is 0 Å². The van der Waals surface area contributed by atoms with E-state index in [9.17, 15) is 18.8 Å². The highest BCUT2D eigenvalue weighted by Crippen LogP contribution is 2.14. The zero-order valence-corrected chi connectivity index (χ0v) is 13.2. The predicted molar refractivity (Wildman–Crippen MR) is 85.4 cm³/mol. The summed E-state index contributed by atoms with van der Waals surface area (Å²) >= 11 is 0. The highest BCUT2D eigenvalue weighted by molar-refractivity contribution is 5.92. The van der Waals surface area contributed by atoms with Crippen molar-refractivity contribution in [1.29, 1.82) is 0 Å². The van der Waals surface area contributed by atoms with Crippen LogP contribution in [0.2, 0.25) is 0 Å². The van der Waals surface area contributed by atoms with Gasteiger partial charge in [-0.15, -0.1) is 0 Å². The summed E-state index contributed by atoms with van der Waals surface area (Å²) in [5.41, 5.74) is 0.910. The van der Waals surface area contributed by atoms with E-state index in [0.29, 0.717) is 11.1 Å². The highest BCUT2D eigenvalue weighted by Gasteiger charge is 2.35. The van der Waals surface area contributed by atoms with Gasteiger partial charge in [-0.1, -0.05) is 30.3 Å². The Morgan fingerprint density at radius 1 is 1.00 bits per heavy atom. The van der Waals surface area contributed by atoms with Crippen molar-refractivity contribution in [3.63, 3.8) is 0 Å². The molecule has 128 valence electrons. The molecule has 1 fully saturated rings. The number of rotatable bonds is 4. The van der Waals surface area contributed by atoms with Crippen molar-refractivity contribution in [3.8, 4) is 0 Å². The van der Waals surface area contributed by atoms with Crippen LogP contribution in [0.15, 0.2) is 54.6 Å². The fourth-order valence-corrected chi connectivity index (χ4v) is 2.42. The van der Waals surface area contributed by atoms with Crippen LogP contribution < -0.4 is 0 Å². The molecule has 0 aromatic heterocycles. The summed E-state index contributed by atoms with van der Waals surface area (Å²) in [6, 6.07) is 13.8. The minimum Gasteiger partial charge on any atom is -0.343 e. The molecule has 0 aliphatic carbocycles. The highest BCUT2D eigenvalue weighted by atomic mass is 19.1. The first-order valence-electron chi connectivity index (χ1n) is 7.64. The monoisotopic (exact) mass is 342 g/mol. The standard InChI is InChI=1S/C18H15FN2O4/c19-15-8-6-13(7-9-15)10-17(23)20-11-16(22)12-21(20)25-18(24)14-4-2-1-3-5-14/h1-9H,10-12H2. The molecular weight excluding hydrogens is 327 g/mol. The summed E-state index contributed by atoms with van der Waals surface area (Å²) in [5.74, 6) is -1.72. The number of carbonyl (C=O) groups is 3. The van der Waals surface area contributed by atoms with Crippen LogP contribution in [0.1, 0.15) is 15.9 Å². The molecule has 1 aliphatic rings. The second kappa shape index (κ2) is 7.23. The number of hydrogen-bond acceptors (Lipinski definition) is 5. The van der Waals surface area contributed by atoms with Gasteiger partial charge in [0.05, 0.1) is 12.0 Å². The molecule has 3 rings (SSSR count). The summed E-state index contributed by atoms with van der Waals surface area (Å²) in [5, 5.41) is 2.07. The Hall–Kier alpha value is -3.06. The predicted octanol–water partition coefficient (Wildman–Crippen LogP) is 1.77. The van der Waals surface area contributed by atoms with E-state index >= 15 is 0 Å². The van der Waals surface area contributed by atoms with Gasteiger partial charge in [0.15, 0.2) is 5.78 Å². The van der Waals surface area contributed by atoms with Gasteiger partial charge in [-0.05, 0) is 35.0 Å². The van der Waals surface area contributed by atoms with E-state index in [1.165, 1.54) is 24.3 Å². The Morgan fingerprint density at radius 3 is 2.36 bits per heavy atom. The van der Waals surface area contributed by atoms with Crippen LogP contribution in [0, 0.1) is 5.82 Å². The van der Waals surface area contributed by atoms with Crippen molar-refractivity contribution in [2.75, 3.05) is 13.1 Å². The maximum Gasteiger partial charge on any atom is 0.358 e. The van der Waals surface area contributed by atoms with Gasteiger partial charge in [0, 0.05) is 0 Å². The summed E-state index contributed by atoms with van der Waals surface area (Å²) < 4.78 is 12.9. The average molecular weight is 342 g/mol. The summed E-state index contributed by atoms with van der Waals surface area (Å²) in [6.07, 6.45) is -0.0348. The molecule has 7 heteroatoms. The zero-order valence-electron chi connectivity index (χ0n) is 13.2. The van der Waals surface area contributed by atoms with E-state index in [1.807, 2.05) is 0 Å². The van der Waals surface area contributed by atoms with E-state index in [1.54, 1.807) is 30.3 Å². The lowest BCUT2D eigenvalue weighted by Gasteiger charge is -2.25. The molecule has 0 bridgehead atoms. The molecule has 0 radical (unpaired) electrons. The topological polar surface area (TPSA) is 66.9 Å². The number of halogens is 1. The summed E-state index contributed by atoms with van der Waals surface area (Å²) in [7, 11) is 0. The molecule has 1 aliphatic heterocycles. The number of hydrazine groups is 1. The van der Waals surface area contributed by atoms with Gasteiger partial charge in [0.1, 0.15) is 18.9 Å². The molecule has 25 heavy (non-hydrogen) atoms. The third kappa shape index (κ3) is 4.07. The Morgan fingerprint density at radius 2 is 1.68 bits per heavy atom. The molecule has 0 atom stereocenters. The lowest BCUT2D eigenvalue weighted by atomic mass is 10.1. The number of benzene rings is 2. The second-order valence-corrected chi connectivity index (χ2v) is 5.55. The number of amides is 1. The number of Topliss-reactive ketones (excluding diaryl/α,β-unsaturated/α-hetero) is 1. The molecule has 2 aromatic rings. The molecule has 0 unspecified atom stereocenters. The number of nitrogens with zero attached hydrogens (tertiary/aromatic N) is 2. The van der Waals surface area contributed by atoms with Crippen molar-refractivity contribution in [1.82, 2.24) is 10.2 Å². The van der Waals surface area contributed by atoms with E-state index in [0.717, 1.165) is 10.2 Å². The van der Waals surface area contributed by atoms with Gasteiger partial charge < -0.3 is 4.84 Å². The lowest BCUT2D eigenvalue weighted by molar-refractivity contribution is -0.217. The van der Waals surface area contributed by atoms with Gasteiger partial charge in [-0.2, -0.15) is 0 Å². The Kier molecular flexibility index (Phi) is 4.85. The minimum atomic E-state index is -0.658. The van der Waals surface area contributed by atoms with Crippen molar-refractivity contribution >= 4 is 17.7 Å². The van der Waals surface area contributed by atoms with Gasteiger partial charge in [0.25, 0.3) is 0 Å². The molecule has 0 N–H and O–H groups in total. The van der Waals surface area contributed by atoms with Crippen molar-refractivity contribution in [2.24, 2.45) is 0 Å². The van der Waals surface area contributed by atoms with Gasteiger partial charge in [0.2, 0.25) is 5.91 Å². The van der Waals surface area contributed by atoms with Crippen LogP contribution >= 0.6 is 0 Å². The van der Waals surface area contributed by atoms with Crippen LogP contribution in [0.3, 0.4) is 0 Å². The molecular formula is C18H15FN2O4. The van der Waals surface area contributed by atoms with Crippen LogP contribution in [0.25, 0.3) is 0 Å². The van der Waals surface area contributed by atoms with Crippen molar-refractivity contribution < 1.29 is 23.6 Å². The molecule has 0 spiro atoms. The summed E-state index contributed by atoms with van der Waals surface area (Å²) in [6.45, 7) is -0.351. The maximum atomic E-state index is 12.9. The molecule has 2 aromatic carbocycles. The summed E-state index contributed by atoms with van der Waals surface area (Å²) in [4.78, 5) is 41.4. The minimum absolute atomic E-state index is 0.0348. The smallest absolute Gasteiger partial charge is 0.343 e. The molecule has 0 saturated carbocycles. The largest absolute Gasteiger partial charge is 0.358 e. The normalized spacial score (nSPS) is 14.6. The first kappa shape index (κ1) is 16.8. The number of carbonyl (C=O) groups excluding carboxylic acids is 3. The van der Waals surface area contributed by atoms with Crippen LogP contribution in [-0.4, -0.2) is 40.9 Å². The fourth-order valence-electron chi connectivity index (χ4n) is 2.42. The van der Waals surface area contributed by atoms with E-state index in [2.05, 4.69) is 0 Å². The maximum absolute atomic E-state index is 12.9. The number of ketones is 1. The second-order valence-electron chi connectivity index (χ2n) is 5.55. The van der Waals surface area contributed by atoms with Crippen LogP contribution in [0.4, 0.5) is 4.39 Å². The zero-order chi connectivity index (χ0) is 17.8. The Bertz CT molecular complexity index is 792. The first-order valence-corrected chi connectivity index (χ1v) is 7.64. The third-order valence-corrected chi connectivity index (χ3v) is 3.66. The van der Waals surface area contributed by atoms with Gasteiger partial charge in [-0.25, -0.2) is 14.2 Å². The Balaban J connectivity index is 1.68. The van der Waals surface area contributed by atoms with E-state index in [-0.39, 0.29) is 25.3 Å². The van der Waals surface area contributed by atoms with Gasteiger partial charge >= 0.3 is 5.97 Å². The van der Waals surface area contributed by atoms with Crippen molar-refractivity contribution in [2.45, 2.75) is 6.42 Å². The number of hydrogen-bond donors (Lipinski definition) is 0. The third-order valence-electron chi connectivity index (χ3n) is 3.66. The van der Waals surface area contributed by atoms with E-state index in [4.69, 9.17) is 4.84 Å². The Labute approximate surface area is 143 Å². The molecule has 6 nitrogen and oxygen atoms in total. The molecule has 1 amide bonds. The van der Waals surface area contributed by atoms with E-state index < -0.39 is 17.7 Å². The molecule has 1 saturated heterocycles. The lowest BCUT2D eigenvalue weighted by Crippen LogP contribution is -2.43. The van der Waals surface area contributed by atoms with Gasteiger partial charge in [-0.3, -0.25) is 9.59 Å². The average Bonchev–Trinajstić information content (AvgIpc) is 2.98. The molecule has 1 heterocycles. The number of hydroxylamine groups is 1. The first-order chi connectivity index (χ1) is 12.0. The fraction of sp³-hybridized carbons (Fsp3) is 0.167. The SMILES string of the molecule is O=C1CN(OC(=O)c2ccccc2)N(C(=O)Cc2ccc(F)cc2)C1.